The number of nitrogens with zero attached hydrogens (tertiary/aromatic N) is 4. The molecule has 0 bridgehead atoms. The lowest BCUT2D eigenvalue weighted by Crippen LogP contribution is -2.51. The van der Waals surface area contributed by atoms with E-state index in [-0.39, 0.29) is 0 Å². The van der Waals surface area contributed by atoms with Crippen molar-refractivity contribution in [2.75, 3.05) is 13.1 Å². The zero-order chi connectivity index (χ0) is 17.4. The van der Waals surface area contributed by atoms with Gasteiger partial charge in [-0.1, -0.05) is 6.07 Å². The first-order valence-corrected chi connectivity index (χ1v) is 10.3. The highest BCUT2D eigenvalue weighted by molar-refractivity contribution is 7.91. The molecule has 1 saturated heterocycles. The molecule has 4 rings (SSSR count). The van der Waals surface area contributed by atoms with E-state index in [1.807, 2.05) is 25.3 Å². The Morgan fingerprint density at radius 2 is 2.00 bits per heavy atom. The molecular formula is C17H18N4O2S2. The molecule has 0 aliphatic carbocycles. The Kier molecular flexibility index (Phi) is 4.18. The molecule has 3 aromatic heterocycles. The maximum atomic E-state index is 12.5. The Balaban J connectivity index is 1.48. The zero-order valence-corrected chi connectivity index (χ0v) is 15.4. The van der Waals surface area contributed by atoms with Gasteiger partial charge >= 0.3 is 0 Å². The Hall–Kier alpha value is -2.03. The fraction of sp³-hybridized carbons (Fsp3) is 0.294. The van der Waals surface area contributed by atoms with Crippen molar-refractivity contribution in [3.05, 3.63) is 53.9 Å². The van der Waals surface area contributed by atoms with Crippen LogP contribution in [-0.4, -0.2) is 40.3 Å². The second kappa shape index (κ2) is 6.36. The molecule has 0 spiro atoms. The number of sulfonamides is 1. The lowest BCUT2D eigenvalue weighted by atomic mass is 10.0. The van der Waals surface area contributed by atoms with E-state index in [4.69, 9.17) is 0 Å². The predicted octanol–water partition coefficient (Wildman–Crippen LogP) is 2.64. The van der Waals surface area contributed by atoms with Gasteiger partial charge in [-0.3, -0.25) is 4.98 Å². The minimum atomic E-state index is -3.32. The SMILES string of the molecule is Cc1cnc(-c2ccncc2)n1CC1CN(S(=O)(=O)c2cccs2)C1. The Morgan fingerprint density at radius 1 is 1.24 bits per heavy atom. The molecule has 25 heavy (non-hydrogen) atoms. The van der Waals surface area contributed by atoms with Crippen LogP contribution >= 0.6 is 11.3 Å². The molecule has 0 amide bonds. The van der Waals surface area contributed by atoms with E-state index in [0.29, 0.717) is 23.2 Å². The number of pyridine rings is 1. The van der Waals surface area contributed by atoms with Crippen LogP contribution in [0.15, 0.2) is 52.4 Å². The minimum Gasteiger partial charge on any atom is -0.328 e. The first-order valence-electron chi connectivity index (χ1n) is 8.02. The molecule has 0 atom stereocenters. The van der Waals surface area contributed by atoms with E-state index in [0.717, 1.165) is 23.6 Å². The topological polar surface area (TPSA) is 68.1 Å². The smallest absolute Gasteiger partial charge is 0.252 e. The van der Waals surface area contributed by atoms with Gasteiger partial charge in [0.05, 0.1) is 0 Å². The lowest BCUT2D eigenvalue weighted by molar-refractivity contribution is 0.180. The van der Waals surface area contributed by atoms with Gasteiger partial charge < -0.3 is 4.57 Å². The molecule has 4 heterocycles. The predicted molar refractivity (Wildman–Crippen MR) is 96.8 cm³/mol. The quantitative estimate of drug-likeness (QED) is 0.688. The standard InChI is InChI=1S/C17H18N4O2S2/c1-13-9-19-17(15-4-6-18-7-5-15)21(13)12-14-10-20(11-14)25(22,23)16-3-2-8-24-16/h2-9,14H,10-12H2,1H3. The third-order valence-corrected chi connectivity index (χ3v) is 7.65. The summed E-state index contributed by atoms with van der Waals surface area (Å²) >= 11 is 1.27. The highest BCUT2D eigenvalue weighted by atomic mass is 32.2. The van der Waals surface area contributed by atoms with Crippen molar-refractivity contribution in [1.82, 2.24) is 18.8 Å². The lowest BCUT2D eigenvalue weighted by Gasteiger charge is -2.38. The van der Waals surface area contributed by atoms with Crippen LogP contribution in [-0.2, 0) is 16.6 Å². The number of hydrogen-bond donors (Lipinski definition) is 0. The summed E-state index contributed by atoms with van der Waals surface area (Å²) in [5.41, 5.74) is 2.09. The van der Waals surface area contributed by atoms with Crippen molar-refractivity contribution in [3.8, 4) is 11.4 Å². The summed E-state index contributed by atoms with van der Waals surface area (Å²) in [4.78, 5) is 8.56. The molecule has 0 unspecified atom stereocenters. The summed E-state index contributed by atoms with van der Waals surface area (Å²) in [6.07, 6.45) is 5.36. The van der Waals surface area contributed by atoms with Crippen LogP contribution in [0.25, 0.3) is 11.4 Å². The highest BCUT2D eigenvalue weighted by Gasteiger charge is 2.37. The largest absolute Gasteiger partial charge is 0.328 e. The van der Waals surface area contributed by atoms with E-state index in [1.54, 1.807) is 34.2 Å². The third-order valence-electron chi connectivity index (χ3n) is 4.45. The number of imidazole rings is 1. The molecule has 6 nitrogen and oxygen atoms in total. The van der Waals surface area contributed by atoms with Crippen molar-refractivity contribution in [2.45, 2.75) is 17.7 Å². The monoisotopic (exact) mass is 374 g/mol. The van der Waals surface area contributed by atoms with Crippen molar-refractivity contribution in [1.29, 1.82) is 0 Å². The third kappa shape index (κ3) is 3.01. The first kappa shape index (κ1) is 16.4. The fourth-order valence-corrected chi connectivity index (χ4v) is 5.79. The molecule has 1 fully saturated rings. The van der Waals surface area contributed by atoms with E-state index >= 15 is 0 Å². The van der Waals surface area contributed by atoms with Gasteiger partial charge in [0, 0.05) is 55.4 Å². The van der Waals surface area contributed by atoms with Crippen LogP contribution in [0.1, 0.15) is 5.69 Å². The van der Waals surface area contributed by atoms with Gasteiger partial charge in [0.2, 0.25) is 0 Å². The summed E-state index contributed by atoms with van der Waals surface area (Å²) in [6.45, 7) is 3.89. The van der Waals surface area contributed by atoms with Gasteiger partial charge in [-0.15, -0.1) is 11.3 Å². The Morgan fingerprint density at radius 3 is 2.68 bits per heavy atom. The minimum absolute atomic E-state index is 0.295. The fourth-order valence-electron chi connectivity index (χ4n) is 3.05. The van der Waals surface area contributed by atoms with E-state index in [2.05, 4.69) is 14.5 Å². The Bertz CT molecular complexity index is 960. The van der Waals surface area contributed by atoms with Crippen LogP contribution in [0.5, 0.6) is 0 Å². The number of thiophene rings is 1. The Labute approximate surface area is 150 Å². The molecular weight excluding hydrogens is 356 g/mol. The average Bonchev–Trinajstić information content (AvgIpc) is 3.22. The van der Waals surface area contributed by atoms with Gasteiger partial charge in [-0.25, -0.2) is 13.4 Å². The van der Waals surface area contributed by atoms with Crippen molar-refractivity contribution in [3.63, 3.8) is 0 Å². The van der Waals surface area contributed by atoms with Crippen molar-refractivity contribution in [2.24, 2.45) is 5.92 Å². The van der Waals surface area contributed by atoms with Gasteiger partial charge in [-0.2, -0.15) is 4.31 Å². The maximum absolute atomic E-state index is 12.5. The van der Waals surface area contributed by atoms with Crippen molar-refractivity contribution < 1.29 is 8.42 Å². The number of hydrogen-bond acceptors (Lipinski definition) is 5. The van der Waals surface area contributed by atoms with Crippen LogP contribution in [0.3, 0.4) is 0 Å². The van der Waals surface area contributed by atoms with Crippen LogP contribution < -0.4 is 0 Å². The molecule has 3 aromatic rings. The summed E-state index contributed by atoms with van der Waals surface area (Å²) < 4.78 is 29.1. The van der Waals surface area contributed by atoms with Crippen LogP contribution in [0.2, 0.25) is 0 Å². The average molecular weight is 374 g/mol. The number of aryl methyl sites for hydroxylation is 1. The first-order chi connectivity index (χ1) is 12.1. The number of aromatic nitrogens is 3. The molecule has 130 valence electrons. The van der Waals surface area contributed by atoms with E-state index < -0.39 is 10.0 Å². The molecule has 1 aliphatic heterocycles. The van der Waals surface area contributed by atoms with Gasteiger partial charge in [0.1, 0.15) is 10.0 Å². The summed E-state index contributed by atoms with van der Waals surface area (Å²) in [6, 6.07) is 7.30. The van der Waals surface area contributed by atoms with Gasteiger partial charge in [0.25, 0.3) is 10.0 Å². The molecule has 0 aromatic carbocycles. The van der Waals surface area contributed by atoms with Crippen LogP contribution in [0.4, 0.5) is 0 Å². The molecule has 1 aliphatic rings. The summed E-state index contributed by atoms with van der Waals surface area (Å²) in [5, 5.41) is 1.79. The van der Waals surface area contributed by atoms with Gasteiger partial charge in [0.15, 0.2) is 0 Å². The second-order valence-electron chi connectivity index (χ2n) is 6.19. The molecule has 0 saturated carbocycles. The van der Waals surface area contributed by atoms with Crippen LogP contribution in [0, 0.1) is 12.8 Å². The maximum Gasteiger partial charge on any atom is 0.252 e. The summed E-state index contributed by atoms with van der Waals surface area (Å²) in [5.74, 6) is 1.20. The van der Waals surface area contributed by atoms with Crippen molar-refractivity contribution >= 4 is 21.4 Å². The van der Waals surface area contributed by atoms with E-state index in [9.17, 15) is 8.42 Å². The molecule has 0 N–H and O–H groups in total. The normalized spacial score (nSPS) is 16.0. The second-order valence-corrected chi connectivity index (χ2v) is 9.30. The molecule has 8 heteroatoms. The van der Waals surface area contributed by atoms with Gasteiger partial charge in [-0.05, 0) is 30.5 Å². The summed E-state index contributed by atoms with van der Waals surface area (Å²) in [7, 11) is -3.32. The highest BCUT2D eigenvalue weighted by Crippen LogP contribution is 2.30. The van der Waals surface area contributed by atoms with E-state index in [1.165, 1.54) is 11.3 Å². The zero-order valence-electron chi connectivity index (χ0n) is 13.7. The number of rotatable bonds is 5. The molecule has 0 radical (unpaired) electrons.